The number of nitrogens with one attached hydrogen (secondary N) is 1. The van der Waals surface area contributed by atoms with Crippen molar-refractivity contribution >= 4 is 17.6 Å². The quantitative estimate of drug-likeness (QED) is 0.514. The second-order valence-corrected chi connectivity index (χ2v) is 11.7. The summed E-state index contributed by atoms with van der Waals surface area (Å²) in [7, 11) is 0. The summed E-state index contributed by atoms with van der Waals surface area (Å²) < 4.78 is 47.6. The minimum atomic E-state index is -1.96. The van der Waals surface area contributed by atoms with Gasteiger partial charge in [0.05, 0.1) is 17.8 Å². The SMILES string of the molecule is CCN(C(=O)c1cc(F)ccc1Oc1cncnc1N1CC2(CCN(C(=O)[C@@H]3C[C@](F)(CF)CN3)CC2)C1)C(C)C. The Morgan fingerprint density at radius 1 is 1.22 bits per heavy atom. The van der Waals surface area contributed by atoms with Crippen LogP contribution in [0.1, 0.15) is 50.4 Å². The van der Waals surface area contributed by atoms with E-state index in [2.05, 4.69) is 20.2 Å². The molecule has 1 aromatic carbocycles. The maximum absolute atomic E-state index is 14.3. The number of hydrogen-bond acceptors (Lipinski definition) is 7. The Labute approximate surface area is 238 Å². The second kappa shape index (κ2) is 11.5. The number of halogens is 3. The van der Waals surface area contributed by atoms with Gasteiger partial charge in [0.1, 0.15) is 24.6 Å². The van der Waals surface area contributed by atoms with E-state index >= 15 is 0 Å². The van der Waals surface area contributed by atoms with Crippen molar-refractivity contribution in [2.75, 3.05) is 50.8 Å². The number of anilines is 1. The van der Waals surface area contributed by atoms with Gasteiger partial charge in [-0.1, -0.05) is 0 Å². The van der Waals surface area contributed by atoms with Crippen molar-refractivity contribution in [2.24, 2.45) is 5.41 Å². The van der Waals surface area contributed by atoms with Crippen LogP contribution in [0.25, 0.3) is 0 Å². The van der Waals surface area contributed by atoms with E-state index in [1.165, 1.54) is 30.7 Å². The predicted molar refractivity (Wildman–Crippen MR) is 147 cm³/mol. The fourth-order valence-corrected chi connectivity index (χ4v) is 6.14. The van der Waals surface area contributed by atoms with Gasteiger partial charge < -0.3 is 24.8 Å². The summed E-state index contributed by atoms with van der Waals surface area (Å²) in [5.74, 6) is 0.129. The van der Waals surface area contributed by atoms with Gasteiger partial charge in [-0.3, -0.25) is 9.59 Å². The van der Waals surface area contributed by atoms with Crippen LogP contribution in [0.2, 0.25) is 0 Å². The molecule has 3 saturated heterocycles. The molecule has 2 aromatic rings. The van der Waals surface area contributed by atoms with E-state index in [1.54, 1.807) is 9.80 Å². The van der Waals surface area contributed by atoms with Crippen molar-refractivity contribution in [3.63, 3.8) is 0 Å². The molecule has 2 amide bonds. The van der Waals surface area contributed by atoms with Crippen LogP contribution in [0.4, 0.5) is 19.0 Å². The van der Waals surface area contributed by atoms with Crippen molar-refractivity contribution in [1.29, 1.82) is 0 Å². The zero-order chi connectivity index (χ0) is 29.4. The Bertz CT molecular complexity index is 1280. The van der Waals surface area contributed by atoms with Crippen molar-refractivity contribution in [3.05, 3.63) is 42.1 Å². The lowest BCUT2D eigenvalue weighted by Crippen LogP contribution is -2.62. The Hall–Kier alpha value is -3.41. The number of likely N-dealkylation sites (tertiary alicyclic amines) is 1. The van der Waals surface area contributed by atoms with E-state index in [0.29, 0.717) is 44.3 Å². The maximum Gasteiger partial charge on any atom is 0.257 e. The van der Waals surface area contributed by atoms with Gasteiger partial charge in [0.25, 0.3) is 5.91 Å². The first-order valence-corrected chi connectivity index (χ1v) is 14.2. The standard InChI is InChI=1S/C29H37F3N6O3/c1-4-38(19(2)3)26(39)21-11-20(31)5-6-23(21)41-24-13-33-18-35-25(24)37-16-28(17-37)7-9-36(10-8-28)27(40)22-12-29(32,14-30)15-34-22/h5-6,11,13,18-19,22,34H,4,7-10,12,14-17H2,1-3H3/t22-,29-/m0/s1. The zero-order valence-electron chi connectivity index (χ0n) is 23.7. The number of nitrogens with zero attached hydrogens (tertiary/aromatic N) is 5. The Morgan fingerprint density at radius 3 is 2.59 bits per heavy atom. The number of hydrogen-bond donors (Lipinski definition) is 1. The minimum absolute atomic E-state index is 0.000778. The molecule has 0 bridgehead atoms. The number of aromatic nitrogens is 2. The first-order valence-electron chi connectivity index (χ1n) is 14.2. The van der Waals surface area contributed by atoms with Crippen molar-refractivity contribution in [3.8, 4) is 11.5 Å². The maximum atomic E-state index is 14.3. The highest BCUT2D eigenvalue weighted by Crippen LogP contribution is 2.45. The molecule has 1 N–H and O–H groups in total. The van der Waals surface area contributed by atoms with Gasteiger partial charge in [-0.05, 0) is 51.8 Å². The van der Waals surface area contributed by atoms with Gasteiger partial charge in [0.2, 0.25) is 5.91 Å². The van der Waals surface area contributed by atoms with E-state index in [-0.39, 0.29) is 47.5 Å². The smallest absolute Gasteiger partial charge is 0.257 e. The fourth-order valence-electron chi connectivity index (χ4n) is 6.14. The van der Waals surface area contributed by atoms with Crippen LogP contribution in [-0.4, -0.2) is 95.3 Å². The molecule has 222 valence electrons. The molecule has 0 saturated carbocycles. The monoisotopic (exact) mass is 574 g/mol. The van der Waals surface area contributed by atoms with Crippen LogP contribution in [0, 0.1) is 11.2 Å². The molecule has 5 rings (SSSR count). The molecule has 3 aliphatic heterocycles. The number of benzene rings is 1. The third-order valence-corrected chi connectivity index (χ3v) is 8.54. The summed E-state index contributed by atoms with van der Waals surface area (Å²) in [6, 6.07) is 3.13. The third-order valence-electron chi connectivity index (χ3n) is 8.54. The highest BCUT2D eigenvalue weighted by Gasteiger charge is 2.49. The zero-order valence-corrected chi connectivity index (χ0v) is 23.7. The summed E-state index contributed by atoms with van der Waals surface area (Å²) in [4.78, 5) is 40.2. The van der Waals surface area contributed by atoms with Gasteiger partial charge in [-0.15, -0.1) is 0 Å². The van der Waals surface area contributed by atoms with E-state index in [9.17, 15) is 22.8 Å². The third kappa shape index (κ3) is 5.84. The summed E-state index contributed by atoms with van der Waals surface area (Å²) in [5.41, 5.74) is -1.84. The normalized spacial score (nSPS) is 23.5. The molecule has 3 fully saturated rings. The molecule has 9 nitrogen and oxygen atoms in total. The molecule has 2 atom stereocenters. The topological polar surface area (TPSA) is 90.9 Å². The number of ether oxygens (including phenoxy) is 1. The second-order valence-electron chi connectivity index (χ2n) is 11.7. The van der Waals surface area contributed by atoms with E-state index in [0.717, 1.165) is 12.8 Å². The predicted octanol–water partition coefficient (Wildman–Crippen LogP) is 3.75. The lowest BCUT2D eigenvalue weighted by molar-refractivity contribution is -0.136. The van der Waals surface area contributed by atoms with E-state index in [4.69, 9.17) is 4.74 Å². The number of amides is 2. The molecule has 4 heterocycles. The largest absolute Gasteiger partial charge is 0.451 e. The number of alkyl halides is 2. The fraction of sp³-hybridized carbons (Fsp3) is 0.586. The van der Waals surface area contributed by atoms with E-state index in [1.807, 2.05) is 20.8 Å². The molecule has 41 heavy (non-hydrogen) atoms. The van der Waals surface area contributed by atoms with Gasteiger partial charge in [-0.2, -0.15) is 0 Å². The first kappa shape index (κ1) is 29.1. The van der Waals surface area contributed by atoms with Gasteiger partial charge in [-0.25, -0.2) is 23.1 Å². The summed E-state index contributed by atoms with van der Waals surface area (Å²) in [6.45, 7) is 7.41. The van der Waals surface area contributed by atoms with Gasteiger partial charge >= 0.3 is 0 Å². The summed E-state index contributed by atoms with van der Waals surface area (Å²) >= 11 is 0. The average molecular weight is 575 g/mol. The number of carbonyl (C=O) groups excluding carboxylic acids is 2. The molecular formula is C29H37F3N6O3. The van der Waals surface area contributed by atoms with Crippen molar-refractivity contribution in [2.45, 2.75) is 57.8 Å². The highest BCUT2D eigenvalue weighted by atomic mass is 19.2. The highest BCUT2D eigenvalue weighted by molar-refractivity contribution is 5.97. The molecule has 3 aliphatic rings. The lowest BCUT2D eigenvalue weighted by Gasteiger charge is -2.54. The number of rotatable bonds is 8. The van der Waals surface area contributed by atoms with E-state index < -0.39 is 24.2 Å². The van der Waals surface area contributed by atoms with Crippen LogP contribution in [0.15, 0.2) is 30.7 Å². The van der Waals surface area contributed by atoms with Gasteiger partial charge in [0, 0.05) is 57.1 Å². The lowest BCUT2D eigenvalue weighted by atomic mass is 9.72. The molecule has 12 heteroatoms. The molecular weight excluding hydrogens is 537 g/mol. The summed E-state index contributed by atoms with van der Waals surface area (Å²) in [5, 5.41) is 2.84. The van der Waals surface area contributed by atoms with Crippen molar-refractivity contribution in [1.82, 2.24) is 25.1 Å². The minimum Gasteiger partial charge on any atom is -0.451 e. The first-order chi connectivity index (χ1) is 19.6. The average Bonchev–Trinajstić information content (AvgIpc) is 3.35. The van der Waals surface area contributed by atoms with Crippen LogP contribution >= 0.6 is 0 Å². The molecule has 0 unspecified atom stereocenters. The van der Waals surface area contributed by atoms with Crippen LogP contribution in [-0.2, 0) is 4.79 Å². The number of carbonyl (C=O) groups is 2. The summed E-state index contributed by atoms with van der Waals surface area (Å²) in [6.07, 6.45) is 4.39. The van der Waals surface area contributed by atoms with Gasteiger partial charge in [0.15, 0.2) is 17.2 Å². The van der Waals surface area contributed by atoms with Crippen LogP contribution in [0.3, 0.4) is 0 Å². The van der Waals surface area contributed by atoms with Crippen molar-refractivity contribution < 1.29 is 27.5 Å². The van der Waals surface area contributed by atoms with Crippen LogP contribution in [0.5, 0.6) is 11.5 Å². The molecule has 0 radical (unpaired) electrons. The molecule has 1 aromatic heterocycles. The van der Waals surface area contributed by atoms with Crippen LogP contribution < -0.4 is 15.0 Å². The Morgan fingerprint density at radius 2 is 1.95 bits per heavy atom. The molecule has 0 aliphatic carbocycles. The Kier molecular flexibility index (Phi) is 8.13. The Balaban J connectivity index is 1.24. The molecule has 1 spiro atoms. The number of piperidine rings is 1.